The minimum Gasteiger partial charge on any atom is -0.325 e. The van der Waals surface area contributed by atoms with Crippen LogP contribution in [-0.4, -0.2) is 34.1 Å². The van der Waals surface area contributed by atoms with Gasteiger partial charge in [-0.3, -0.25) is 9.89 Å². The van der Waals surface area contributed by atoms with Gasteiger partial charge in [-0.05, 0) is 41.7 Å². The summed E-state index contributed by atoms with van der Waals surface area (Å²) in [6.45, 7) is 1.16. The molecule has 3 heterocycles. The lowest BCUT2D eigenvalue weighted by molar-refractivity contribution is -0.125. The van der Waals surface area contributed by atoms with Gasteiger partial charge in [-0.2, -0.15) is 10.4 Å². The summed E-state index contributed by atoms with van der Waals surface area (Å²) in [5, 5.41) is 20.4. The number of nitriles is 1. The molecule has 1 fully saturated rings. The third-order valence-corrected chi connectivity index (χ3v) is 5.66. The van der Waals surface area contributed by atoms with E-state index in [1.54, 1.807) is 4.90 Å². The number of likely N-dealkylation sites (tertiary alicyclic amines) is 1. The van der Waals surface area contributed by atoms with Gasteiger partial charge in [0, 0.05) is 24.2 Å². The second kappa shape index (κ2) is 5.33. The van der Waals surface area contributed by atoms with Crippen LogP contribution in [0.3, 0.4) is 0 Å². The van der Waals surface area contributed by atoms with Crippen molar-refractivity contribution in [1.82, 2.24) is 15.1 Å². The normalized spacial score (nSPS) is 21.7. The van der Waals surface area contributed by atoms with E-state index >= 15 is 0 Å². The number of aromatic nitrogens is 2. The van der Waals surface area contributed by atoms with Crippen LogP contribution in [0.4, 0.5) is 5.69 Å². The number of anilines is 1. The Balaban J connectivity index is 1.54. The number of hydrogen-bond acceptors (Lipinski definition) is 4. The molecule has 26 heavy (non-hydrogen) atoms. The fraction of sp³-hybridized carbons (Fsp3) is 0.250. The highest BCUT2D eigenvalue weighted by molar-refractivity contribution is 6.01. The Morgan fingerprint density at radius 1 is 1.27 bits per heavy atom. The molecule has 0 aliphatic carbocycles. The van der Waals surface area contributed by atoms with Crippen molar-refractivity contribution in [3.8, 4) is 17.3 Å². The summed E-state index contributed by atoms with van der Waals surface area (Å²) >= 11 is 0. The summed E-state index contributed by atoms with van der Waals surface area (Å²) in [5.41, 5.74) is 4.66. The molecule has 5 rings (SSSR count). The molecule has 2 aliphatic rings. The zero-order valence-corrected chi connectivity index (χ0v) is 14.1. The summed E-state index contributed by atoms with van der Waals surface area (Å²) in [6.07, 6.45) is 5.40. The molecule has 0 bridgehead atoms. The molecular formula is C20H17N5O. The van der Waals surface area contributed by atoms with Gasteiger partial charge in [0.2, 0.25) is 5.91 Å². The number of carbonyl (C=O) groups is 1. The second-order valence-electron chi connectivity index (χ2n) is 7.19. The van der Waals surface area contributed by atoms with Crippen molar-refractivity contribution in [2.24, 2.45) is 5.41 Å². The van der Waals surface area contributed by atoms with Crippen LogP contribution >= 0.6 is 0 Å². The van der Waals surface area contributed by atoms with Gasteiger partial charge in [0.05, 0.1) is 17.1 Å². The van der Waals surface area contributed by atoms with Crippen LogP contribution < -0.4 is 5.32 Å². The van der Waals surface area contributed by atoms with Crippen LogP contribution in [0.5, 0.6) is 0 Å². The summed E-state index contributed by atoms with van der Waals surface area (Å²) in [5.74, 6) is 0.0291. The fourth-order valence-electron chi connectivity index (χ4n) is 4.22. The van der Waals surface area contributed by atoms with Gasteiger partial charge in [-0.1, -0.05) is 24.3 Å². The number of hydrogen-bond donors (Lipinski definition) is 2. The quantitative estimate of drug-likeness (QED) is 0.665. The molecule has 1 amide bonds. The Morgan fingerprint density at radius 3 is 3.04 bits per heavy atom. The molecule has 1 saturated heterocycles. The maximum atomic E-state index is 12.8. The van der Waals surface area contributed by atoms with Crippen molar-refractivity contribution in [3.05, 3.63) is 48.2 Å². The Morgan fingerprint density at radius 2 is 2.19 bits per heavy atom. The van der Waals surface area contributed by atoms with Crippen LogP contribution in [0.15, 0.2) is 42.6 Å². The zero-order valence-electron chi connectivity index (χ0n) is 14.1. The molecule has 6 nitrogen and oxygen atoms in total. The number of carbonyl (C=O) groups excluding carboxylic acids is 1. The van der Waals surface area contributed by atoms with E-state index in [1.807, 2.05) is 24.4 Å². The highest BCUT2D eigenvalue weighted by Gasteiger charge is 2.47. The van der Waals surface area contributed by atoms with Crippen molar-refractivity contribution in [1.29, 1.82) is 5.26 Å². The summed E-state index contributed by atoms with van der Waals surface area (Å²) in [6, 6.07) is 12.3. The lowest BCUT2D eigenvalue weighted by Crippen LogP contribution is -2.43. The van der Waals surface area contributed by atoms with Crippen molar-refractivity contribution >= 4 is 22.5 Å². The van der Waals surface area contributed by atoms with E-state index < -0.39 is 5.41 Å². The third-order valence-electron chi connectivity index (χ3n) is 5.66. The average Bonchev–Trinajstić information content (AvgIpc) is 3.29. The summed E-state index contributed by atoms with van der Waals surface area (Å²) < 4.78 is 0. The highest BCUT2D eigenvalue weighted by atomic mass is 16.2. The highest BCUT2D eigenvalue weighted by Crippen LogP contribution is 2.42. The Kier molecular flexibility index (Phi) is 3.07. The lowest BCUT2D eigenvalue weighted by Gasteiger charge is -2.33. The number of rotatable bonds is 1. The largest absolute Gasteiger partial charge is 0.325 e. The number of nitrogens with one attached hydrogen (secondary N) is 2. The summed E-state index contributed by atoms with van der Waals surface area (Å²) in [7, 11) is 0. The number of fused-ring (bicyclic) bond motifs is 2. The fourth-order valence-corrected chi connectivity index (χ4v) is 4.22. The Hall–Kier alpha value is -3.33. The van der Waals surface area contributed by atoms with Crippen molar-refractivity contribution < 1.29 is 4.79 Å². The molecule has 2 N–H and O–H groups in total. The SMILES string of the molecule is N#CN1CCC2(Cc3ccc(-c4cccc5[nH]ncc45)cc3NC2=O)C1. The van der Waals surface area contributed by atoms with Gasteiger partial charge in [0.15, 0.2) is 6.19 Å². The maximum absolute atomic E-state index is 12.8. The number of amides is 1. The number of benzene rings is 2. The third kappa shape index (κ3) is 2.10. The van der Waals surface area contributed by atoms with Crippen molar-refractivity contribution in [3.63, 3.8) is 0 Å². The smallest absolute Gasteiger partial charge is 0.232 e. The molecule has 3 aromatic rings. The molecule has 1 spiro atoms. The molecule has 0 saturated carbocycles. The predicted octanol–water partition coefficient (Wildman–Crippen LogP) is 2.90. The number of aromatic amines is 1. The molecule has 1 atom stereocenters. The van der Waals surface area contributed by atoms with Crippen LogP contribution in [0.2, 0.25) is 0 Å². The Bertz CT molecular complexity index is 1080. The summed E-state index contributed by atoms with van der Waals surface area (Å²) in [4.78, 5) is 14.5. The Labute approximate surface area is 150 Å². The minimum absolute atomic E-state index is 0.0291. The first kappa shape index (κ1) is 15.0. The molecule has 0 radical (unpaired) electrons. The zero-order chi connectivity index (χ0) is 17.7. The van der Waals surface area contributed by atoms with Crippen LogP contribution in [0.25, 0.3) is 22.0 Å². The van der Waals surface area contributed by atoms with Crippen LogP contribution in [0.1, 0.15) is 12.0 Å². The first-order chi connectivity index (χ1) is 12.7. The lowest BCUT2D eigenvalue weighted by atomic mass is 9.76. The molecule has 2 aromatic carbocycles. The van der Waals surface area contributed by atoms with Gasteiger partial charge in [-0.25, -0.2) is 0 Å². The molecule has 1 aromatic heterocycles. The van der Waals surface area contributed by atoms with E-state index in [9.17, 15) is 4.79 Å². The molecule has 2 aliphatic heterocycles. The number of nitrogens with zero attached hydrogens (tertiary/aromatic N) is 3. The van der Waals surface area contributed by atoms with Gasteiger partial charge >= 0.3 is 0 Å². The van der Waals surface area contributed by atoms with E-state index in [1.165, 1.54) is 0 Å². The minimum atomic E-state index is -0.477. The average molecular weight is 343 g/mol. The molecule has 1 unspecified atom stereocenters. The predicted molar refractivity (Wildman–Crippen MR) is 98.1 cm³/mol. The number of H-pyrrole nitrogens is 1. The van der Waals surface area contributed by atoms with E-state index in [0.29, 0.717) is 19.5 Å². The van der Waals surface area contributed by atoms with Gasteiger partial charge in [0.25, 0.3) is 0 Å². The van der Waals surface area contributed by atoms with Crippen LogP contribution in [-0.2, 0) is 11.2 Å². The van der Waals surface area contributed by atoms with Gasteiger partial charge in [0.1, 0.15) is 0 Å². The first-order valence-electron chi connectivity index (χ1n) is 8.70. The van der Waals surface area contributed by atoms with E-state index in [-0.39, 0.29) is 5.91 Å². The van der Waals surface area contributed by atoms with Crippen LogP contribution in [0, 0.1) is 16.9 Å². The van der Waals surface area contributed by atoms with E-state index in [0.717, 1.165) is 39.7 Å². The monoisotopic (exact) mass is 343 g/mol. The second-order valence-corrected chi connectivity index (χ2v) is 7.19. The standard InChI is InChI=1S/C20H17N5O/c21-12-25-7-6-20(11-25)9-14-5-4-13(8-18(14)23-19(20)26)15-2-1-3-17-16(15)10-22-24-17/h1-5,8,10H,6-7,9,11H2,(H,22,24)(H,23,26). The maximum Gasteiger partial charge on any atom is 0.232 e. The van der Waals surface area contributed by atoms with Crippen molar-refractivity contribution in [2.45, 2.75) is 12.8 Å². The molecular weight excluding hydrogens is 326 g/mol. The van der Waals surface area contributed by atoms with E-state index in [2.05, 4.69) is 39.9 Å². The first-order valence-corrected chi connectivity index (χ1v) is 8.70. The molecule has 128 valence electrons. The van der Waals surface area contributed by atoms with Crippen molar-refractivity contribution in [2.75, 3.05) is 18.4 Å². The molecule has 6 heteroatoms. The van der Waals surface area contributed by atoms with Gasteiger partial charge < -0.3 is 10.2 Å². The van der Waals surface area contributed by atoms with Gasteiger partial charge in [-0.15, -0.1) is 0 Å². The van der Waals surface area contributed by atoms with E-state index in [4.69, 9.17) is 5.26 Å². The topological polar surface area (TPSA) is 84.8 Å².